The Labute approximate surface area is 281 Å². The molecule has 5 nitrogen and oxygen atoms in total. The van der Waals surface area contributed by atoms with Crippen molar-refractivity contribution in [2.75, 3.05) is 6.61 Å². The van der Waals surface area contributed by atoms with Crippen LogP contribution in [-0.4, -0.2) is 54.2 Å². The van der Waals surface area contributed by atoms with Crippen molar-refractivity contribution in [3.63, 3.8) is 0 Å². The van der Waals surface area contributed by atoms with Gasteiger partial charge in [0.05, 0.1) is 29.7 Å². The van der Waals surface area contributed by atoms with E-state index in [2.05, 4.69) is 74.7 Å². The molecular weight excluding hydrogens is 611 g/mol. The summed E-state index contributed by atoms with van der Waals surface area (Å²) in [6, 6.07) is 6.84. The van der Waals surface area contributed by atoms with Crippen molar-refractivity contribution < 1.29 is 17.3 Å². The normalized spacial score (nSPS) is 20.4. The summed E-state index contributed by atoms with van der Waals surface area (Å²) < 4.78 is 44.3. The molecule has 0 N–H and O–H groups in total. The summed E-state index contributed by atoms with van der Waals surface area (Å²) in [6.07, 6.45) is 16.2. The first kappa shape index (κ1) is 40.7. The Kier molecular flexibility index (Phi) is 15.6. The van der Waals surface area contributed by atoms with Crippen LogP contribution in [-0.2, 0) is 18.9 Å². The maximum absolute atomic E-state index is 14.3. The van der Waals surface area contributed by atoms with E-state index in [1.807, 2.05) is 19.1 Å². The van der Waals surface area contributed by atoms with Gasteiger partial charge in [0.25, 0.3) is 0 Å². The van der Waals surface area contributed by atoms with Gasteiger partial charge >= 0.3 is 0 Å². The lowest BCUT2D eigenvalue weighted by atomic mass is 9.89. The van der Waals surface area contributed by atoms with Crippen molar-refractivity contribution in [3.05, 3.63) is 29.8 Å². The highest BCUT2D eigenvalue weighted by Crippen LogP contribution is 2.45. The van der Waals surface area contributed by atoms with Crippen LogP contribution in [0.2, 0.25) is 36.3 Å². The fraction of sp³-hybridized carbons (Fsp3) is 0.838. The van der Waals surface area contributed by atoms with Crippen LogP contribution in [0.4, 0.5) is 0 Å². The smallest absolute Gasteiger partial charge is 0.243 e. The van der Waals surface area contributed by atoms with E-state index >= 15 is 0 Å². The van der Waals surface area contributed by atoms with Gasteiger partial charge in [-0.3, -0.25) is 0 Å². The average molecular weight is 682 g/mol. The molecule has 45 heavy (non-hydrogen) atoms. The van der Waals surface area contributed by atoms with Crippen LogP contribution < -0.4 is 0 Å². The lowest BCUT2D eigenvalue weighted by Gasteiger charge is -2.57. The minimum Gasteiger partial charge on any atom is -0.415 e. The number of sulfonamides is 1. The Morgan fingerprint density at radius 1 is 0.689 bits per heavy atom. The molecule has 0 bridgehead atoms. The molecule has 1 saturated heterocycles. The van der Waals surface area contributed by atoms with Crippen molar-refractivity contribution in [1.82, 2.24) is 4.31 Å². The molecular formula is C37H71NO4SSi2. The zero-order chi connectivity index (χ0) is 34.1. The number of hydrogen-bond donors (Lipinski definition) is 0. The quantitative estimate of drug-likeness (QED) is 0.101. The maximum atomic E-state index is 14.3. The first-order valence-electron chi connectivity index (χ1n) is 18.2. The molecule has 1 aliphatic heterocycles. The van der Waals surface area contributed by atoms with E-state index in [1.54, 1.807) is 16.4 Å². The number of nitrogens with zero attached hydrogens (tertiary/aromatic N) is 1. The second-order valence-corrected chi connectivity index (χ2v) is 28.3. The fourth-order valence-corrected chi connectivity index (χ4v) is 9.93. The van der Waals surface area contributed by atoms with Crippen LogP contribution in [0.3, 0.4) is 0 Å². The van der Waals surface area contributed by atoms with Gasteiger partial charge in [-0.1, -0.05) is 143 Å². The zero-order valence-corrected chi connectivity index (χ0v) is 34.2. The second-order valence-electron chi connectivity index (χ2n) is 16.9. The third-order valence-electron chi connectivity index (χ3n) is 11.0. The number of aryl methyl sites for hydroxylation is 1. The largest absolute Gasteiger partial charge is 0.415 e. The molecule has 0 spiro atoms. The lowest BCUT2D eigenvalue weighted by Crippen LogP contribution is -2.73. The maximum Gasteiger partial charge on any atom is 0.243 e. The van der Waals surface area contributed by atoms with Gasteiger partial charge in [-0.15, -0.1) is 0 Å². The highest BCUT2D eigenvalue weighted by molar-refractivity contribution is 7.89. The van der Waals surface area contributed by atoms with Crippen molar-refractivity contribution in [3.8, 4) is 0 Å². The Hall–Kier alpha value is -0.516. The molecule has 0 saturated carbocycles. The first-order valence-corrected chi connectivity index (χ1v) is 25.4. The minimum atomic E-state index is -3.71. The molecule has 0 aliphatic carbocycles. The van der Waals surface area contributed by atoms with Gasteiger partial charge in [0.15, 0.2) is 16.6 Å². The standard InChI is InChI=1S/C37H71NO4SSi2/c1-13-14-15-16-17-18-19-20-21-22-23-24-25-33-35(42-45(11,12)37(6,7)8)34(30-41-44(9,10)36(3,4)5)38(33)43(39,40)32-28-26-31(2)27-29-32/h26-29,33-35H,13-25,30H2,1-12H3/t33-,34-,35+/m0/s1. The third kappa shape index (κ3) is 11.6. The van der Waals surface area contributed by atoms with Crippen LogP contribution in [0.1, 0.15) is 138 Å². The van der Waals surface area contributed by atoms with E-state index < -0.39 is 26.7 Å². The first-order chi connectivity index (χ1) is 20.8. The molecule has 1 fully saturated rings. The zero-order valence-electron chi connectivity index (χ0n) is 31.4. The highest BCUT2D eigenvalue weighted by Gasteiger charge is 2.58. The monoisotopic (exact) mass is 681 g/mol. The van der Waals surface area contributed by atoms with Crippen LogP contribution in [0.25, 0.3) is 0 Å². The average Bonchev–Trinajstić information content (AvgIpc) is 2.91. The summed E-state index contributed by atoms with van der Waals surface area (Å²) in [5.74, 6) is 0. The molecule has 1 heterocycles. The van der Waals surface area contributed by atoms with Crippen molar-refractivity contribution in [2.24, 2.45) is 0 Å². The minimum absolute atomic E-state index is 0.0363. The fourth-order valence-electron chi connectivity index (χ4n) is 5.72. The van der Waals surface area contributed by atoms with Gasteiger partial charge in [-0.05, 0) is 61.7 Å². The van der Waals surface area contributed by atoms with Crippen LogP contribution in [0.15, 0.2) is 29.2 Å². The summed E-state index contributed by atoms with van der Waals surface area (Å²) in [4.78, 5) is 0.371. The summed E-state index contributed by atoms with van der Waals surface area (Å²) in [6.45, 7) is 27.2. The van der Waals surface area contributed by atoms with Crippen LogP contribution >= 0.6 is 0 Å². The van der Waals surface area contributed by atoms with Crippen molar-refractivity contribution >= 4 is 26.7 Å². The van der Waals surface area contributed by atoms with Crippen LogP contribution in [0, 0.1) is 6.92 Å². The number of unbranched alkanes of at least 4 members (excludes halogenated alkanes) is 11. The number of hydrogen-bond acceptors (Lipinski definition) is 4. The van der Waals surface area contributed by atoms with E-state index in [0.717, 1.165) is 24.8 Å². The predicted octanol–water partition coefficient (Wildman–Crippen LogP) is 11.2. The third-order valence-corrected chi connectivity index (χ3v) is 22.0. The second kappa shape index (κ2) is 17.2. The molecule has 0 radical (unpaired) electrons. The SMILES string of the molecule is CCCCCCCCCCCCCC[C@H]1[C@@H](O[Si](C)(C)C(C)(C)C)[C@H](CO[Si](C)(C)C(C)(C)C)N1S(=O)(=O)c1ccc(C)cc1. The van der Waals surface area contributed by atoms with E-state index in [-0.39, 0.29) is 28.3 Å². The number of benzene rings is 1. The van der Waals surface area contributed by atoms with E-state index in [9.17, 15) is 8.42 Å². The number of rotatable bonds is 20. The van der Waals surface area contributed by atoms with Crippen molar-refractivity contribution in [2.45, 2.75) is 198 Å². The Bertz CT molecular complexity index is 1110. The Balaban J connectivity index is 2.21. The van der Waals surface area contributed by atoms with Gasteiger partial charge in [-0.2, -0.15) is 4.31 Å². The van der Waals surface area contributed by atoms with Crippen molar-refractivity contribution in [1.29, 1.82) is 0 Å². The van der Waals surface area contributed by atoms with E-state index in [1.165, 1.54) is 64.2 Å². The molecule has 1 aromatic rings. The summed E-state index contributed by atoms with van der Waals surface area (Å²) in [5, 5.41) is 0.0797. The van der Waals surface area contributed by atoms with Gasteiger partial charge in [0, 0.05) is 0 Å². The molecule has 2 rings (SSSR count). The summed E-state index contributed by atoms with van der Waals surface area (Å²) in [7, 11) is -7.96. The van der Waals surface area contributed by atoms with Gasteiger partial charge < -0.3 is 8.85 Å². The molecule has 0 unspecified atom stereocenters. The molecule has 8 heteroatoms. The van der Waals surface area contributed by atoms with E-state index in [4.69, 9.17) is 8.85 Å². The Morgan fingerprint density at radius 2 is 1.13 bits per heavy atom. The molecule has 1 aromatic carbocycles. The Morgan fingerprint density at radius 3 is 1.58 bits per heavy atom. The van der Waals surface area contributed by atoms with Gasteiger partial charge in [0.1, 0.15) is 0 Å². The van der Waals surface area contributed by atoms with Crippen LogP contribution in [0.5, 0.6) is 0 Å². The molecule has 0 amide bonds. The summed E-state index contributed by atoms with van der Waals surface area (Å²) >= 11 is 0. The molecule has 0 aromatic heterocycles. The molecule has 3 atom stereocenters. The lowest BCUT2D eigenvalue weighted by molar-refractivity contribution is -0.0777. The topological polar surface area (TPSA) is 55.8 Å². The van der Waals surface area contributed by atoms with Gasteiger partial charge in [-0.25, -0.2) is 8.42 Å². The molecule has 262 valence electrons. The van der Waals surface area contributed by atoms with Gasteiger partial charge in [0.2, 0.25) is 10.0 Å². The molecule has 1 aliphatic rings. The highest BCUT2D eigenvalue weighted by atomic mass is 32.2. The predicted molar refractivity (Wildman–Crippen MR) is 199 cm³/mol. The summed E-state index contributed by atoms with van der Waals surface area (Å²) in [5.41, 5.74) is 1.06. The van der Waals surface area contributed by atoms with E-state index in [0.29, 0.717) is 11.5 Å².